The quantitative estimate of drug-likeness (QED) is 0.761. The summed E-state index contributed by atoms with van der Waals surface area (Å²) in [5.74, 6) is 0. The van der Waals surface area contributed by atoms with E-state index in [-0.39, 0.29) is 0 Å². The SMILES string of the molecule is CSc1cccc(-n2nc(C)cc2C)c1C#N. The van der Waals surface area contributed by atoms with Crippen molar-refractivity contribution in [1.29, 1.82) is 5.26 Å². The van der Waals surface area contributed by atoms with Crippen molar-refractivity contribution in [2.45, 2.75) is 18.7 Å². The van der Waals surface area contributed by atoms with Gasteiger partial charge in [0, 0.05) is 10.6 Å². The van der Waals surface area contributed by atoms with Gasteiger partial charge in [-0.05, 0) is 38.3 Å². The Balaban J connectivity index is 2.68. The molecule has 4 heteroatoms. The first-order chi connectivity index (χ1) is 8.17. The molecule has 0 saturated carbocycles. The number of hydrogen-bond acceptors (Lipinski definition) is 3. The summed E-state index contributed by atoms with van der Waals surface area (Å²) in [6, 6.07) is 10.1. The van der Waals surface area contributed by atoms with Crippen LogP contribution in [-0.2, 0) is 0 Å². The van der Waals surface area contributed by atoms with Gasteiger partial charge in [-0.1, -0.05) is 6.07 Å². The van der Waals surface area contributed by atoms with Gasteiger partial charge in [0.2, 0.25) is 0 Å². The van der Waals surface area contributed by atoms with Crippen molar-refractivity contribution >= 4 is 11.8 Å². The highest BCUT2D eigenvalue weighted by molar-refractivity contribution is 7.98. The van der Waals surface area contributed by atoms with E-state index in [4.69, 9.17) is 0 Å². The normalized spacial score (nSPS) is 10.2. The standard InChI is InChI=1S/C13H13N3S/c1-9-7-10(2)16(15-9)12-5-4-6-13(17-3)11(12)8-14/h4-7H,1-3H3. The molecule has 86 valence electrons. The lowest BCUT2D eigenvalue weighted by atomic mass is 10.2. The lowest BCUT2D eigenvalue weighted by Crippen LogP contribution is -2.02. The van der Waals surface area contributed by atoms with Gasteiger partial charge in [0.05, 0.1) is 16.9 Å². The molecule has 0 amide bonds. The molecule has 0 radical (unpaired) electrons. The van der Waals surface area contributed by atoms with E-state index in [1.165, 1.54) is 0 Å². The van der Waals surface area contributed by atoms with E-state index in [0.29, 0.717) is 5.56 Å². The van der Waals surface area contributed by atoms with Crippen LogP contribution >= 0.6 is 11.8 Å². The molecule has 0 bridgehead atoms. The first-order valence-electron chi connectivity index (χ1n) is 5.28. The van der Waals surface area contributed by atoms with E-state index in [0.717, 1.165) is 22.0 Å². The fraction of sp³-hybridized carbons (Fsp3) is 0.231. The van der Waals surface area contributed by atoms with E-state index in [9.17, 15) is 5.26 Å². The lowest BCUT2D eigenvalue weighted by Gasteiger charge is -2.09. The van der Waals surface area contributed by atoms with Gasteiger partial charge in [0.15, 0.2) is 0 Å². The van der Waals surface area contributed by atoms with Gasteiger partial charge < -0.3 is 0 Å². The van der Waals surface area contributed by atoms with Crippen molar-refractivity contribution in [2.75, 3.05) is 6.26 Å². The number of aryl methyl sites for hydroxylation is 2. The monoisotopic (exact) mass is 243 g/mol. The maximum atomic E-state index is 9.28. The van der Waals surface area contributed by atoms with Crippen LogP contribution in [0.4, 0.5) is 0 Å². The van der Waals surface area contributed by atoms with E-state index < -0.39 is 0 Å². The molecule has 1 aromatic carbocycles. The molecule has 3 nitrogen and oxygen atoms in total. The van der Waals surface area contributed by atoms with Gasteiger partial charge in [-0.2, -0.15) is 10.4 Å². The summed E-state index contributed by atoms with van der Waals surface area (Å²) < 4.78 is 1.83. The maximum Gasteiger partial charge on any atom is 0.103 e. The van der Waals surface area contributed by atoms with Crippen LogP contribution in [0.25, 0.3) is 5.69 Å². The van der Waals surface area contributed by atoms with E-state index >= 15 is 0 Å². The predicted molar refractivity (Wildman–Crippen MR) is 69.5 cm³/mol. The zero-order valence-corrected chi connectivity index (χ0v) is 10.9. The van der Waals surface area contributed by atoms with Gasteiger partial charge in [0.25, 0.3) is 0 Å². The number of nitrogens with zero attached hydrogens (tertiary/aromatic N) is 3. The molecule has 0 spiro atoms. The summed E-state index contributed by atoms with van der Waals surface area (Å²) in [6.45, 7) is 3.95. The average molecular weight is 243 g/mol. The highest BCUT2D eigenvalue weighted by Gasteiger charge is 2.11. The van der Waals surface area contributed by atoms with E-state index in [2.05, 4.69) is 11.2 Å². The highest BCUT2D eigenvalue weighted by atomic mass is 32.2. The molecule has 0 aliphatic rings. The predicted octanol–water partition coefficient (Wildman–Crippen LogP) is 3.08. The molecule has 0 fully saturated rings. The Bertz CT molecular complexity index is 593. The molecule has 0 aliphatic heterocycles. The third-order valence-electron chi connectivity index (χ3n) is 2.57. The lowest BCUT2D eigenvalue weighted by molar-refractivity contribution is 0.828. The minimum absolute atomic E-state index is 0.686. The van der Waals surface area contributed by atoms with Crippen molar-refractivity contribution in [2.24, 2.45) is 0 Å². The van der Waals surface area contributed by atoms with E-state index in [1.54, 1.807) is 11.8 Å². The average Bonchev–Trinajstić information content (AvgIpc) is 2.67. The Morgan fingerprint density at radius 3 is 2.65 bits per heavy atom. The molecule has 1 aromatic heterocycles. The van der Waals surface area contributed by atoms with Crippen LogP contribution in [0.5, 0.6) is 0 Å². The smallest absolute Gasteiger partial charge is 0.103 e. The molecule has 0 aliphatic carbocycles. The number of rotatable bonds is 2. The molecule has 0 saturated heterocycles. The molecule has 17 heavy (non-hydrogen) atoms. The summed E-state index contributed by atoms with van der Waals surface area (Å²) >= 11 is 1.58. The van der Waals surface area contributed by atoms with Crippen LogP contribution in [-0.4, -0.2) is 16.0 Å². The van der Waals surface area contributed by atoms with Crippen LogP contribution in [0, 0.1) is 25.2 Å². The molecule has 1 heterocycles. The van der Waals surface area contributed by atoms with E-state index in [1.807, 2.05) is 49.1 Å². The van der Waals surface area contributed by atoms with Crippen molar-refractivity contribution in [3.8, 4) is 11.8 Å². The van der Waals surface area contributed by atoms with Gasteiger partial charge in [-0.3, -0.25) is 0 Å². The van der Waals surface area contributed by atoms with Gasteiger partial charge in [0.1, 0.15) is 6.07 Å². The Kier molecular flexibility index (Phi) is 3.21. The van der Waals surface area contributed by atoms with Crippen molar-refractivity contribution in [1.82, 2.24) is 9.78 Å². The third-order valence-corrected chi connectivity index (χ3v) is 3.35. The van der Waals surface area contributed by atoms with Crippen molar-refractivity contribution in [3.05, 3.63) is 41.2 Å². The van der Waals surface area contributed by atoms with Gasteiger partial charge in [-0.15, -0.1) is 11.8 Å². The van der Waals surface area contributed by atoms with Crippen LogP contribution in [0.15, 0.2) is 29.2 Å². The highest BCUT2D eigenvalue weighted by Crippen LogP contribution is 2.25. The summed E-state index contributed by atoms with van der Waals surface area (Å²) in [4.78, 5) is 0.984. The number of benzene rings is 1. The Labute approximate surface area is 105 Å². The number of hydrogen-bond donors (Lipinski definition) is 0. The zero-order valence-electron chi connectivity index (χ0n) is 10.1. The molecular weight excluding hydrogens is 230 g/mol. The van der Waals surface area contributed by atoms with Crippen LogP contribution in [0.1, 0.15) is 17.0 Å². The molecule has 0 unspecified atom stereocenters. The second-order valence-electron chi connectivity index (χ2n) is 3.81. The number of aromatic nitrogens is 2. The zero-order chi connectivity index (χ0) is 12.4. The molecule has 0 N–H and O–H groups in total. The van der Waals surface area contributed by atoms with Crippen LogP contribution < -0.4 is 0 Å². The summed E-state index contributed by atoms with van der Waals surface area (Å²) in [5.41, 5.74) is 3.54. The molecule has 2 aromatic rings. The van der Waals surface area contributed by atoms with Gasteiger partial charge in [-0.25, -0.2) is 4.68 Å². The fourth-order valence-electron chi connectivity index (χ4n) is 1.85. The Morgan fingerprint density at radius 2 is 2.12 bits per heavy atom. The van der Waals surface area contributed by atoms with Crippen LogP contribution in [0.3, 0.4) is 0 Å². The minimum atomic E-state index is 0.686. The number of thioether (sulfide) groups is 1. The van der Waals surface area contributed by atoms with Gasteiger partial charge >= 0.3 is 0 Å². The molecule has 2 rings (SSSR count). The molecular formula is C13H13N3S. The second-order valence-corrected chi connectivity index (χ2v) is 4.65. The van der Waals surface area contributed by atoms with Crippen LogP contribution in [0.2, 0.25) is 0 Å². The second kappa shape index (κ2) is 4.64. The minimum Gasteiger partial charge on any atom is -0.236 e. The maximum absolute atomic E-state index is 9.28. The Hall–Kier alpha value is -1.73. The first-order valence-corrected chi connectivity index (χ1v) is 6.50. The third kappa shape index (κ3) is 2.06. The topological polar surface area (TPSA) is 41.6 Å². The summed E-state index contributed by atoms with van der Waals surface area (Å²) in [6.07, 6.45) is 1.97. The molecule has 0 atom stereocenters. The first kappa shape index (κ1) is 11.7. The van der Waals surface area contributed by atoms with Crippen molar-refractivity contribution < 1.29 is 0 Å². The summed E-state index contributed by atoms with van der Waals surface area (Å²) in [7, 11) is 0. The van der Waals surface area contributed by atoms with Crippen molar-refractivity contribution in [3.63, 3.8) is 0 Å². The Morgan fingerprint density at radius 1 is 1.35 bits per heavy atom. The summed E-state index contributed by atoms with van der Waals surface area (Å²) in [5, 5.41) is 13.7. The number of nitriles is 1. The fourth-order valence-corrected chi connectivity index (χ4v) is 2.42. The largest absolute Gasteiger partial charge is 0.236 e.